The summed E-state index contributed by atoms with van der Waals surface area (Å²) in [5.74, 6) is -0.444. The Hall–Kier alpha value is -3.50. The Morgan fingerprint density at radius 1 is 1.13 bits per heavy atom. The summed E-state index contributed by atoms with van der Waals surface area (Å²) >= 11 is 6.76. The van der Waals surface area contributed by atoms with Crippen molar-refractivity contribution in [3.63, 3.8) is 0 Å². The van der Waals surface area contributed by atoms with Crippen LogP contribution < -0.4 is 21.1 Å². The maximum absolute atomic E-state index is 13.0. The van der Waals surface area contributed by atoms with Crippen molar-refractivity contribution in [3.8, 4) is 0 Å². The maximum atomic E-state index is 13.0. The van der Waals surface area contributed by atoms with E-state index in [1.54, 1.807) is 22.6 Å². The lowest BCUT2D eigenvalue weighted by Crippen LogP contribution is -2.32. The summed E-state index contributed by atoms with van der Waals surface area (Å²) in [5.41, 5.74) is 2.15. The number of rotatable bonds is 9. The van der Waals surface area contributed by atoms with Gasteiger partial charge in [-0.05, 0) is 68.7 Å². The lowest BCUT2D eigenvalue weighted by atomic mass is 10.1. The molecule has 0 spiro atoms. The monoisotopic (exact) mass is 549 g/mol. The van der Waals surface area contributed by atoms with Crippen LogP contribution in [-0.2, 0) is 0 Å². The molecule has 1 aliphatic rings. The van der Waals surface area contributed by atoms with E-state index in [0.717, 1.165) is 50.9 Å². The highest BCUT2D eigenvalue weighted by atomic mass is 32.1. The zero-order chi connectivity index (χ0) is 26.6. The quantitative estimate of drug-likeness (QED) is 0.204. The molecule has 1 aliphatic carbocycles. The number of anilines is 1. The van der Waals surface area contributed by atoms with Crippen LogP contribution in [0.4, 0.5) is 5.69 Å². The number of amides is 2. The zero-order valence-electron chi connectivity index (χ0n) is 21.3. The number of thiazole rings is 1. The van der Waals surface area contributed by atoms with Gasteiger partial charge in [0.1, 0.15) is 10.5 Å². The molecule has 1 fully saturated rings. The fourth-order valence-corrected chi connectivity index (χ4v) is 6.37. The molecule has 2 aromatic carbocycles. The summed E-state index contributed by atoms with van der Waals surface area (Å²) in [5, 5.41) is 6.47. The highest BCUT2D eigenvalue weighted by Crippen LogP contribution is 2.25. The van der Waals surface area contributed by atoms with Gasteiger partial charge in [0.2, 0.25) is 0 Å². The van der Waals surface area contributed by atoms with E-state index in [1.165, 1.54) is 11.3 Å². The second kappa shape index (κ2) is 11.5. The standard InChI is InChI=1S/C28H31N5O3S2/c1-2-32(20-11-4-3-5-12-20)16-8-15-29-25(34)18-13-14-21-22(17-18)33-24(31-26(21)35)23(38-28(33)37)27(36)30-19-9-6-7-10-19/h3-5,11-14,17,19H,2,6-10,15-16H2,1H3,(H,29,34)(H,30,36)(H,31,35). The first-order chi connectivity index (χ1) is 18.5. The van der Waals surface area contributed by atoms with Crippen LogP contribution in [0.2, 0.25) is 0 Å². The molecular formula is C28H31N5O3S2. The Bertz CT molecular complexity index is 1590. The molecule has 2 amide bonds. The first-order valence-electron chi connectivity index (χ1n) is 13.1. The minimum atomic E-state index is -0.324. The van der Waals surface area contributed by atoms with Crippen molar-refractivity contribution in [3.05, 3.63) is 73.3 Å². The highest BCUT2D eigenvalue weighted by molar-refractivity contribution is 7.73. The van der Waals surface area contributed by atoms with Crippen molar-refractivity contribution in [2.45, 2.75) is 45.1 Å². The van der Waals surface area contributed by atoms with Gasteiger partial charge in [-0.3, -0.25) is 18.8 Å². The van der Waals surface area contributed by atoms with Crippen LogP contribution in [0.5, 0.6) is 0 Å². The van der Waals surface area contributed by atoms with Crippen LogP contribution in [0.1, 0.15) is 59.1 Å². The SMILES string of the molecule is CCN(CCCNC(=O)c1ccc2c(=O)[nH]c3c(C(=O)NC4CCCC4)sc(=S)n3c2c1)c1ccccc1. The number of benzene rings is 2. The molecule has 0 radical (unpaired) electrons. The molecule has 10 heteroatoms. The molecule has 4 aromatic rings. The first-order valence-corrected chi connectivity index (χ1v) is 14.3. The second-order valence-corrected chi connectivity index (χ2v) is 11.2. The molecule has 2 heterocycles. The molecule has 2 aromatic heterocycles. The number of para-hydroxylation sites is 1. The number of carbonyl (C=O) groups excluding carboxylic acids is 2. The molecule has 0 saturated heterocycles. The first kappa shape index (κ1) is 26.1. The molecule has 0 bridgehead atoms. The van der Waals surface area contributed by atoms with Gasteiger partial charge in [0.25, 0.3) is 17.4 Å². The third-order valence-corrected chi connectivity index (χ3v) is 8.45. The van der Waals surface area contributed by atoms with E-state index in [4.69, 9.17) is 12.2 Å². The predicted octanol–water partition coefficient (Wildman–Crippen LogP) is 4.89. The highest BCUT2D eigenvalue weighted by Gasteiger charge is 2.23. The Balaban J connectivity index is 1.34. The summed E-state index contributed by atoms with van der Waals surface area (Å²) in [6.45, 7) is 4.34. The van der Waals surface area contributed by atoms with Gasteiger partial charge in [0.15, 0.2) is 3.95 Å². The normalized spacial score (nSPS) is 13.7. The van der Waals surface area contributed by atoms with Gasteiger partial charge in [-0.15, -0.1) is 0 Å². The van der Waals surface area contributed by atoms with Crippen LogP contribution in [-0.4, -0.2) is 46.9 Å². The summed E-state index contributed by atoms with van der Waals surface area (Å²) in [6.07, 6.45) is 4.93. The summed E-state index contributed by atoms with van der Waals surface area (Å²) in [6, 6.07) is 15.3. The number of carbonyl (C=O) groups is 2. The molecule has 3 N–H and O–H groups in total. The number of hydrogen-bond acceptors (Lipinski definition) is 6. The number of H-pyrrole nitrogens is 1. The lowest BCUT2D eigenvalue weighted by molar-refractivity contribution is 0.0938. The average molecular weight is 550 g/mol. The third-order valence-electron chi connectivity index (χ3n) is 7.08. The van der Waals surface area contributed by atoms with Crippen LogP contribution in [0.15, 0.2) is 53.3 Å². The summed E-state index contributed by atoms with van der Waals surface area (Å²) in [4.78, 5) is 44.4. The number of nitrogens with zero attached hydrogens (tertiary/aromatic N) is 2. The van der Waals surface area contributed by atoms with Crippen molar-refractivity contribution in [2.75, 3.05) is 24.5 Å². The van der Waals surface area contributed by atoms with E-state index >= 15 is 0 Å². The van der Waals surface area contributed by atoms with Crippen LogP contribution in [0, 0.1) is 3.95 Å². The fraction of sp³-hybridized carbons (Fsp3) is 0.357. The summed E-state index contributed by atoms with van der Waals surface area (Å²) < 4.78 is 2.13. The largest absolute Gasteiger partial charge is 0.372 e. The van der Waals surface area contributed by atoms with Crippen molar-refractivity contribution in [2.24, 2.45) is 0 Å². The van der Waals surface area contributed by atoms with Gasteiger partial charge >= 0.3 is 0 Å². The van der Waals surface area contributed by atoms with Crippen LogP contribution in [0.3, 0.4) is 0 Å². The van der Waals surface area contributed by atoms with Crippen LogP contribution in [0.25, 0.3) is 16.6 Å². The molecule has 0 atom stereocenters. The molecule has 5 rings (SSSR count). The maximum Gasteiger partial charge on any atom is 0.265 e. The molecule has 38 heavy (non-hydrogen) atoms. The predicted molar refractivity (Wildman–Crippen MR) is 155 cm³/mol. The summed E-state index contributed by atoms with van der Waals surface area (Å²) in [7, 11) is 0. The van der Waals surface area contributed by atoms with Crippen molar-refractivity contribution >= 4 is 57.6 Å². The van der Waals surface area contributed by atoms with E-state index in [-0.39, 0.29) is 23.4 Å². The number of hydrogen-bond donors (Lipinski definition) is 3. The van der Waals surface area contributed by atoms with Gasteiger partial charge in [-0.25, -0.2) is 0 Å². The fourth-order valence-electron chi connectivity index (χ4n) is 5.09. The van der Waals surface area contributed by atoms with Crippen molar-refractivity contribution < 1.29 is 9.59 Å². The molecule has 1 saturated carbocycles. The van der Waals surface area contributed by atoms with Crippen molar-refractivity contribution in [1.29, 1.82) is 0 Å². The molecular weight excluding hydrogens is 518 g/mol. The van der Waals surface area contributed by atoms with Crippen LogP contribution >= 0.6 is 23.6 Å². The Morgan fingerprint density at radius 2 is 1.89 bits per heavy atom. The number of aromatic amines is 1. The van der Waals surface area contributed by atoms with E-state index in [0.29, 0.717) is 37.5 Å². The average Bonchev–Trinajstić information content (AvgIpc) is 3.56. The van der Waals surface area contributed by atoms with Gasteiger partial charge < -0.3 is 20.5 Å². The number of aromatic nitrogens is 2. The third kappa shape index (κ3) is 5.37. The number of nitrogens with one attached hydrogen (secondary N) is 3. The lowest BCUT2D eigenvalue weighted by Gasteiger charge is -2.23. The Kier molecular flexibility index (Phi) is 7.90. The smallest absolute Gasteiger partial charge is 0.265 e. The Labute approximate surface area is 229 Å². The topological polar surface area (TPSA) is 98.7 Å². The van der Waals surface area contributed by atoms with Gasteiger partial charge in [-0.2, -0.15) is 0 Å². The van der Waals surface area contributed by atoms with Crippen molar-refractivity contribution in [1.82, 2.24) is 20.0 Å². The Morgan fingerprint density at radius 3 is 2.63 bits per heavy atom. The number of fused-ring (bicyclic) bond motifs is 3. The minimum Gasteiger partial charge on any atom is -0.372 e. The van der Waals surface area contributed by atoms with Gasteiger partial charge in [0, 0.05) is 36.9 Å². The zero-order valence-corrected chi connectivity index (χ0v) is 22.9. The van der Waals surface area contributed by atoms with E-state index in [1.807, 2.05) is 18.2 Å². The molecule has 0 aliphatic heterocycles. The van der Waals surface area contributed by atoms with Gasteiger partial charge in [0.05, 0.1) is 10.9 Å². The molecule has 8 nitrogen and oxygen atoms in total. The molecule has 0 unspecified atom stereocenters. The second-order valence-electron chi connectivity index (χ2n) is 9.55. The van der Waals surface area contributed by atoms with E-state index in [2.05, 4.69) is 39.6 Å². The van der Waals surface area contributed by atoms with E-state index < -0.39 is 0 Å². The minimum absolute atomic E-state index is 0.151. The van der Waals surface area contributed by atoms with Gasteiger partial charge in [-0.1, -0.05) is 42.4 Å². The van der Waals surface area contributed by atoms with E-state index in [9.17, 15) is 14.4 Å². The molecule has 198 valence electrons.